The number of aliphatic hydroxyl groups excluding tert-OH is 1. The predicted octanol–water partition coefficient (Wildman–Crippen LogP) is 4.78. The van der Waals surface area contributed by atoms with E-state index in [1.54, 1.807) is 0 Å². The van der Waals surface area contributed by atoms with Gasteiger partial charge in [-0.2, -0.15) is 0 Å². The fourth-order valence-electron chi connectivity index (χ4n) is 4.29. The number of imidazole rings is 1. The van der Waals surface area contributed by atoms with Gasteiger partial charge in [0.25, 0.3) is 0 Å². The molecule has 1 saturated carbocycles. The number of rotatable bonds is 11. The quantitative estimate of drug-likeness (QED) is 0.257. The van der Waals surface area contributed by atoms with Crippen LogP contribution in [-0.4, -0.2) is 55.5 Å². The second kappa shape index (κ2) is 10.7. The minimum atomic E-state index is -1.22. The second-order valence-corrected chi connectivity index (χ2v) is 9.69. The Morgan fingerprint density at radius 1 is 1.16 bits per heavy atom. The zero-order valence-corrected chi connectivity index (χ0v) is 21.2. The molecule has 2 aromatic heterocycles. The summed E-state index contributed by atoms with van der Waals surface area (Å²) in [5, 5.41) is 23.0. The second-order valence-electron chi connectivity index (χ2n) is 9.25. The van der Waals surface area contributed by atoms with Crippen LogP contribution in [0.25, 0.3) is 22.6 Å². The molecule has 0 radical (unpaired) electrons. The van der Waals surface area contributed by atoms with Crippen molar-refractivity contribution >= 4 is 34.6 Å². The molecule has 1 aliphatic rings. The van der Waals surface area contributed by atoms with Gasteiger partial charge in [0.1, 0.15) is 23.7 Å². The van der Waals surface area contributed by atoms with Crippen molar-refractivity contribution in [2.75, 3.05) is 25.1 Å². The van der Waals surface area contributed by atoms with Crippen LogP contribution in [0, 0.1) is 12.8 Å². The molecule has 4 aromatic rings. The maximum absolute atomic E-state index is 11.8. The van der Waals surface area contributed by atoms with Gasteiger partial charge in [0.05, 0.1) is 12.2 Å². The van der Waals surface area contributed by atoms with E-state index in [9.17, 15) is 15.0 Å². The monoisotopic (exact) mass is 521 g/mol. The SMILES string of the molecule is Cc1ccc(OCCO)c(-c2nc3nc(C(=O)O)nc(NCCC4CC4)c3n2Cc2ccc(Cl)cc2)c1. The molecule has 2 heterocycles. The van der Waals surface area contributed by atoms with E-state index >= 15 is 0 Å². The predicted molar refractivity (Wildman–Crippen MR) is 141 cm³/mol. The van der Waals surface area contributed by atoms with E-state index in [2.05, 4.69) is 15.3 Å². The molecule has 3 N–H and O–H groups in total. The number of hydrogen-bond acceptors (Lipinski definition) is 7. The number of aromatic nitrogens is 4. The third kappa shape index (κ3) is 5.68. The zero-order valence-electron chi connectivity index (χ0n) is 20.4. The first-order valence-electron chi connectivity index (χ1n) is 12.3. The fraction of sp³-hybridized carbons (Fsp3) is 0.333. The molecule has 0 atom stereocenters. The van der Waals surface area contributed by atoms with Gasteiger partial charge in [0.2, 0.25) is 5.82 Å². The highest BCUT2D eigenvalue weighted by Crippen LogP contribution is 2.36. The minimum Gasteiger partial charge on any atom is -0.490 e. The van der Waals surface area contributed by atoms with Crippen molar-refractivity contribution in [3.8, 4) is 17.1 Å². The number of aromatic carboxylic acids is 1. The van der Waals surface area contributed by atoms with Crippen molar-refractivity contribution < 1.29 is 19.7 Å². The Morgan fingerprint density at radius 3 is 2.65 bits per heavy atom. The number of ether oxygens (including phenoxy) is 1. The maximum atomic E-state index is 11.8. The van der Waals surface area contributed by atoms with Crippen molar-refractivity contribution in [3.63, 3.8) is 0 Å². The summed E-state index contributed by atoms with van der Waals surface area (Å²) in [6.45, 7) is 3.07. The molecular weight excluding hydrogens is 494 g/mol. The van der Waals surface area contributed by atoms with E-state index in [0.717, 1.165) is 17.5 Å². The van der Waals surface area contributed by atoms with Crippen molar-refractivity contribution in [3.05, 3.63) is 64.4 Å². The first kappa shape index (κ1) is 25.0. The Labute approximate surface area is 219 Å². The Bertz CT molecular complexity index is 1430. The molecule has 0 spiro atoms. The number of carbonyl (C=O) groups is 1. The molecule has 1 aliphatic carbocycles. The van der Waals surface area contributed by atoms with Crippen LogP contribution in [-0.2, 0) is 6.54 Å². The highest BCUT2D eigenvalue weighted by molar-refractivity contribution is 6.30. The maximum Gasteiger partial charge on any atom is 0.374 e. The lowest BCUT2D eigenvalue weighted by atomic mass is 10.1. The van der Waals surface area contributed by atoms with E-state index in [-0.39, 0.29) is 24.7 Å². The van der Waals surface area contributed by atoms with Gasteiger partial charge in [-0.15, -0.1) is 0 Å². The molecule has 0 saturated heterocycles. The third-order valence-electron chi connectivity index (χ3n) is 6.32. The average molecular weight is 522 g/mol. The summed E-state index contributed by atoms with van der Waals surface area (Å²) in [4.78, 5) is 25.3. The number of carboxylic acid groups (broad SMARTS) is 1. The van der Waals surface area contributed by atoms with Gasteiger partial charge in [-0.05, 0) is 49.1 Å². The lowest BCUT2D eigenvalue weighted by Crippen LogP contribution is -2.12. The smallest absolute Gasteiger partial charge is 0.374 e. The van der Waals surface area contributed by atoms with E-state index in [1.165, 1.54) is 12.8 Å². The molecule has 0 bridgehead atoms. The number of nitrogens with zero attached hydrogens (tertiary/aromatic N) is 4. The van der Waals surface area contributed by atoms with Crippen LogP contribution in [0.3, 0.4) is 0 Å². The summed E-state index contributed by atoms with van der Waals surface area (Å²) in [5.74, 6) is 0.720. The first-order chi connectivity index (χ1) is 17.9. The van der Waals surface area contributed by atoms with Crippen molar-refractivity contribution in [1.82, 2.24) is 19.5 Å². The number of halogens is 1. The van der Waals surface area contributed by atoms with Crippen LogP contribution in [0.5, 0.6) is 5.75 Å². The van der Waals surface area contributed by atoms with Crippen LogP contribution in [0.4, 0.5) is 5.82 Å². The lowest BCUT2D eigenvalue weighted by Gasteiger charge is -2.15. The van der Waals surface area contributed by atoms with Gasteiger partial charge < -0.3 is 24.8 Å². The normalized spacial score (nSPS) is 13.2. The molecule has 0 unspecified atom stereocenters. The molecular formula is C27H28ClN5O4. The van der Waals surface area contributed by atoms with Crippen molar-refractivity contribution in [2.24, 2.45) is 5.92 Å². The van der Waals surface area contributed by atoms with E-state index in [0.29, 0.717) is 52.5 Å². The number of aryl methyl sites for hydroxylation is 1. The van der Waals surface area contributed by atoms with Gasteiger partial charge in [0.15, 0.2) is 11.5 Å². The number of benzene rings is 2. The summed E-state index contributed by atoms with van der Waals surface area (Å²) in [5.41, 5.74) is 3.57. The van der Waals surface area contributed by atoms with Crippen LogP contribution < -0.4 is 10.1 Å². The van der Waals surface area contributed by atoms with E-state index < -0.39 is 5.97 Å². The number of anilines is 1. The molecule has 5 rings (SSSR count). The van der Waals surface area contributed by atoms with Crippen molar-refractivity contribution in [2.45, 2.75) is 32.7 Å². The van der Waals surface area contributed by atoms with Crippen LogP contribution >= 0.6 is 11.6 Å². The van der Waals surface area contributed by atoms with Crippen LogP contribution in [0.1, 0.15) is 41.0 Å². The molecule has 2 aromatic carbocycles. The Kier molecular flexibility index (Phi) is 7.25. The molecule has 0 amide bonds. The Hall–Kier alpha value is -3.69. The molecule has 192 valence electrons. The van der Waals surface area contributed by atoms with E-state index in [1.807, 2.05) is 54.0 Å². The molecule has 0 aliphatic heterocycles. The largest absolute Gasteiger partial charge is 0.490 e. The summed E-state index contributed by atoms with van der Waals surface area (Å²) >= 11 is 6.12. The van der Waals surface area contributed by atoms with Crippen molar-refractivity contribution in [1.29, 1.82) is 0 Å². The summed E-state index contributed by atoms with van der Waals surface area (Å²) in [7, 11) is 0. The third-order valence-corrected chi connectivity index (χ3v) is 6.57. The number of fused-ring (bicyclic) bond motifs is 1. The van der Waals surface area contributed by atoms with Gasteiger partial charge in [0, 0.05) is 18.1 Å². The first-order valence-corrected chi connectivity index (χ1v) is 12.7. The number of hydrogen-bond donors (Lipinski definition) is 3. The van der Waals surface area contributed by atoms with Gasteiger partial charge >= 0.3 is 5.97 Å². The topological polar surface area (TPSA) is 122 Å². The molecule has 9 nitrogen and oxygen atoms in total. The Balaban J connectivity index is 1.70. The summed E-state index contributed by atoms with van der Waals surface area (Å²) in [6.07, 6.45) is 3.44. The fourth-order valence-corrected chi connectivity index (χ4v) is 4.41. The van der Waals surface area contributed by atoms with Gasteiger partial charge in [-0.1, -0.05) is 48.2 Å². The standard InChI is InChI=1S/C27H28ClN5O4/c1-16-2-9-21(37-13-12-34)20(14-16)26-32-24-22(33(26)15-18-5-7-19(28)8-6-18)23(29-11-10-17-3-4-17)30-25(31-24)27(35)36/h2,5-9,14,17,34H,3-4,10-13,15H2,1H3,(H,35,36)(H,29,30,31). The number of nitrogens with one attached hydrogen (secondary N) is 1. The van der Waals surface area contributed by atoms with Gasteiger partial charge in [-0.3, -0.25) is 0 Å². The van der Waals surface area contributed by atoms with Gasteiger partial charge in [-0.25, -0.2) is 19.7 Å². The van der Waals surface area contributed by atoms with E-state index in [4.69, 9.17) is 21.3 Å². The van der Waals surface area contributed by atoms with Crippen LogP contribution in [0.15, 0.2) is 42.5 Å². The minimum absolute atomic E-state index is 0.128. The summed E-state index contributed by atoms with van der Waals surface area (Å²) in [6, 6.07) is 13.2. The number of aliphatic hydroxyl groups is 1. The molecule has 37 heavy (non-hydrogen) atoms. The Morgan fingerprint density at radius 2 is 1.95 bits per heavy atom. The highest BCUT2D eigenvalue weighted by Gasteiger charge is 2.25. The zero-order chi connectivity index (χ0) is 25.9. The molecule has 1 fully saturated rings. The number of carboxylic acids is 1. The van der Waals surface area contributed by atoms with Crippen LogP contribution in [0.2, 0.25) is 5.02 Å². The highest BCUT2D eigenvalue weighted by atomic mass is 35.5. The lowest BCUT2D eigenvalue weighted by molar-refractivity contribution is 0.0684. The average Bonchev–Trinajstić information content (AvgIpc) is 3.64. The molecule has 10 heteroatoms. The summed E-state index contributed by atoms with van der Waals surface area (Å²) < 4.78 is 7.81.